The van der Waals surface area contributed by atoms with Crippen LogP contribution in [0.15, 0.2) is 91.0 Å². The molecule has 0 spiro atoms. The molecule has 174 valence electrons. The summed E-state index contributed by atoms with van der Waals surface area (Å²) in [5.41, 5.74) is 0. The minimum absolute atomic E-state index is 0.111. The highest BCUT2D eigenvalue weighted by atomic mass is 31.2. The van der Waals surface area contributed by atoms with Gasteiger partial charge in [0.15, 0.2) is 12.1 Å². The molecule has 0 N–H and O–H groups in total. The van der Waals surface area contributed by atoms with Gasteiger partial charge in [-0.25, -0.2) is 0 Å². The highest BCUT2D eigenvalue weighted by molar-refractivity contribution is 7.96. The van der Waals surface area contributed by atoms with E-state index in [2.05, 4.69) is 6.07 Å². The van der Waals surface area contributed by atoms with Crippen molar-refractivity contribution in [1.82, 2.24) is 0 Å². The van der Waals surface area contributed by atoms with Crippen LogP contribution in [0, 0.1) is 11.3 Å². The van der Waals surface area contributed by atoms with E-state index in [9.17, 15) is 10.1 Å². The van der Waals surface area contributed by atoms with Gasteiger partial charge in [0.2, 0.25) is 0 Å². The molecule has 1 unspecified atom stereocenters. The lowest BCUT2D eigenvalue weighted by Gasteiger charge is -2.30. The van der Waals surface area contributed by atoms with Crippen molar-refractivity contribution in [3.05, 3.63) is 91.0 Å². The number of ketones is 1. The minimum atomic E-state index is -2.65. The number of hydrogen-bond donors (Lipinski definition) is 0. The number of nitrogens with zero attached hydrogens (tertiary/aromatic N) is 1. The van der Waals surface area contributed by atoms with Gasteiger partial charge in [-0.1, -0.05) is 91.0 Å². The lowest BCUT2D eigenvalue weighted by molar-refractivity contribution is -0.163. The van der Waals surface area contributed by atoms with Crippen LogP contribution in [0.2, 0.25) is 0 Å². The maximum Gasteiger partial charge on any atom is 0.174 e. The molecule has 1 aliphatic heterocycles. The van der Waals surface area contributed by atoms with E-state index in [-0.39, 0.29) is 18.5 Å². The van der Waals surface area contributed by atoms with Crippen LogP contribution < -0.4 is 15.9 Å². The molecule has 5 heteroatoms. The second-order valence-electron chi connectivity index (χ2n) is 8.33. The summed E-state index contributed by atoms with van der Waals surface area (Å²) in [5, 5.41) is 13.8. The number of carbonyl (C=O) groups is 1. The number of Topliss-reactive ketones (excluding diaryl/α,β-unsaturated/α-hetero) is 1. The Balaban J connectivity index is 1.76. The first kappa shape index (κ1) is 24.2. The van der Waals surface area contributed by atoms with Crippen LogP contribution in [0.5, 0.6) is 0 Å². The van der Waals surface area contributed by atoms with Crippen LogP contribution >= 0.6 is 6.89 Å². The molecule has 1 heterocycles. The monoisotopic (exact) mass is 471 g/mol. The summed E-state index contributed by atoms with van der Waals surface area (Å²) >= 11 is 0. The van der Waals surface area contributed by atoms with Crippen LogP contribution in [0.3, 0.4) is 0 Å². The molecule has 0 bridgehead atoms. The molecule has 4 rings (SSSR count). The number of benzene rings is 3. The Morgan fingerprint density at radius 2 is 1.41 bits per heavy atom. The first-order valence-electron chi connectivity index (χ1n) is 11.9. The molecule has 0 aliphatic carbocycles. The summed E-state index contributed by atoms with van der Waals surface area (Å²) in [6, 6.07) is 32.4. The molecular formula is C29H30NO3P. The Kier molecular flexibility index (Phi) is 8.50. The van der Waals surface area contributed by atoms with Gasteiger partial charge in [0.05, 0.1) is 6.61 Å². The SMILES string of the molecule is N#CC(C(=O)CCCOC1CCCCO1)=P(c1ccccc1)(c1ccccc1)c1ccccc1. The zero-order valence-corrected chi connectivity index (χ0v) is 20.2. The summed E-state index contributed by atoms with van der Waals surface area (Å²) in [5.74, 6) is -0.111. The topological polar surface area (TPSA) is 59.3 Å². The van der Waals surface area contributed by atoms with Crippen molar-refractivity contribution in [2.75, 3.05) is 13.2 Å². The van der Waals surface area contributed by atoms with Gasteiger partial charge in [-0.05, 0) is 48.5 Å². The maximum absolute atomic E-state index is 13.7. The summed E-state index contributed by atoms with van der Waals surface area (Å²) in [7, 11) is 0. The summed E-state index contributed by atoms with van der Waals surface area (Å²) in [4.78, 5) is 13.7. The predicted octanol–water partition coefficient (Wildman–Crippen LogP) is 4.57. The molecule has 1 aliphatic rings. The highest BCUT2D eigenvalue weighted by Crippen LogP contribution is 2.46. The Hall–Kier alpha value is -2.96. The molecule has 0 saturated carbocycles. The normalized spacial score (nSPS) is 15.9. The molecule has 34 heavy (non-hydrogen) atoms. The van der Waals surface area contributed by atoms with Crippen molar-refractivity contribution in [2.24, 2.45) is 0 Å². The zero-order chi connectivity index (χ0) is 23.6. The van der Waals surface area contributed by atoms with Gasteiger partial charge in [-0.15, -0.1) is 0 Å². The molecule has 1 saturated heterocycles. The molecule has 3 aromatic carbocycles. The molecular weight excluding hydrogens is 441 g/mol. The van der Waals surface area contributed by atoms with Gasteiger partial charge in [0.25, 0.3) is 0 Å². The third-order valence-electron chi connectivity index (χ3n) is 6.13. The van der Waals surface area contributed by atoms with Gasteiger partial charge in [0, 0.05) is 13.0 Å². The van der Waals surface area contributed by atoms with E-state index in [0.29, 0.717) is 18.3 Å². The van der Waals surface area contributed by atoms with Crippen molar-refractivity contribution >= 4 is 33.9 Å². The lowest BCUT2D eigenvalue weighted by Crippen LogP contribution is -2.33. The van der Waals surface area contributed by atoms with E-state index in [1.165, 1.54) is 0 Å². The van der Waals surface area contributed by atoms with Crippen LogP contribution in [0.1, 0.15) is 32.1 Å². The lowest BCUT2D eigenvalue weighted by atomic mass is 10.2. The number of nitriles is 1. The van der Waals surface area contributed by atoms with E-state index >= 15 is 0 Å². The Bertz CT molecular complexity index is 1060. The second-order valence-corrected chi connectivity index (χ2v) is 11.7. The van der Waals surface area contributed by atoms with Crippen molar-refractivity contribution < 1.29 is 14.3 Å². The van der Waals surface area contributed by atoms with Crippen molar-refractivity contribution in [2.45, 2.75) is 38.4 Å². The average molecular weight is 472 g/mol. The Morgan fingerprint density at radius 3 is 1.85 bits per heavy atom. The number of hydrogen-bond acceptors (Lipinski definition) is 4. The molecule has 1 atom stereocenters. The van der Waals surface area contributed by atoms with Gasteiger partial charge in [-0.3, -0.25) is 4.79 Å². The Labute approximate surface area is 202 Å². The van der Waals surface area contributed by atoms with Gasteiger partial charge in [0.1, 0.15) is 11.4 Å². The number of ether oxygens (including phenoxy) is 2. The van der Waals surface area contributed by atoms with Crippen molar-refractivity contribution in [1.29, 1.82) is 5.26 Å². The van der Waals surface area contributed by atoms with E-state index in [0.717, 1.165) is 41.8 Å². The third-order valence-corrected chi connectivity index (χ3v) is 10.4. The molecule has 1 fully saturated rings. The van der Waals surface area contributed by atoms with Crippen LogP contribution in [0.4, 0.5) is 0 Å². The second kappa shape index (κ2) is 12.0. The Morgan fingerprint density at radius 1 is 0.882 bits per heavy atom. The van der Waals surface area contributed by atoms with E-state index < -0.39 is 6.89 Å². The standard InChI is InChI=1S/C29H30NO3P/c30-23-28(27(31)19-12-22-33-29-20-10-11-21-32-29)34(24-13-4-1-5-14-24,25-15-6-2-7-16-25)26-17-8-3-9-18-26/h1-9,13-18,29H,10-12,19-22H2. The quantitative estimate of drug-likeness (QED) is 0.339. The number of carbonyl (C=O) groups excluding carboxylic acids is 1. The van der Waals surface area contributed by atoms with E-state index in [1.54, 1.807) is 0 Å². The number of rotatable bonds is 9. The fourth-order valence-electron chi connectivity index (χ4n) is 4.52. The maximum atomic E-state index is 13.7. The first-order chi connectivity index (χ1) is 16.8. The van der Waals surface area contributed by atoms with E-state index in [1.807, 2.05) is 91.0 Å². The van der Waals surface area contributed by atoms with Crippen LogP contribution in [0.25, 0.3) is 0 Å². The minimum Gasteiger partial charge on any atom is -0.353 e. The van der Waals surface area contributed by atoms with Gasteiger partial charge in [-0.2, -0.15) is 5.26 Å². The van der Waals surface area contributed by atoms with Gasteiger partial charge >= 0.3 is 0 Å². The highest BCUT2D eigenvalue weighted by Gasteiger charge is 2.33. The summed E-state index contributed by atoms with van der Waals surface area (Å²) < 4.78 is 11.5. The van der Waals surface area contributed by atoms with Gasteiger partial charge < -0.3 is 9.47 Å². The fourth-order valence-corrected chi connectivity index (χ4v) is 8.69. The molecule has 0 radical (unpaired) electrons. The summed E-state index contributed by atoms with van der Waals surface area (Å²) in [6.07, 6.45) is 3.73. The van der Waals surface area contributed by atoms with Crippen molar-refractivity contribution in [3.63, 3.8) is 0 Å². The van der Waals surface area contributed by atoms with Crippen LogP contribution in [-0.2, 0) is 14.3 Å². The molecule has 4 nitrogen and oxygen atoms in total. The fraction of sp³-hybridized carbons (Fsp3) is 0.276. The summed E-state index contributed by atoms with van der Waals surface area (Å²) in [6.45, 7) is -1.48. The predicted molar refractivity (Wildman–Crippen MR) is 140 cm³/mol. The zero-order valence-electron chi connectivity index (χ0n) is 19.3. The molecule has 3 aromatic rings. The third kappa shape index (κ3) is 5.24. The van der Waals surface area contributed by atoms with E-state index in [4.69, 9.17) is 9.47 Å². The molecule has 0 aromatic heterocycles. The largest absolute Gasteiger partial charge is 0.353 e. The van der Waals surface area contributed by atoms with Crippen molar-refractivity contribution in [3.8, 4) is 6.07 Å². The van der Waals surface area contributed by atoms with Crippen LogP contribution in [-0.4, -0.2) is 30.6 Å². The molecule has 0 amide bonds. The first-order valence-corrected chi connectivity index (χ1v) is 13.7. The average Bonchev–Trinajstić information content (AvgIpc) is 2.91. The smallest absolute Gasteiger partial charge is 0.174 e.